The maximum atomic E-state index is 2.60. The Morgan fingerprint density at radius 2 is 1.75 bits per heavy atom. The molecule has 1 saturated heterocycles. The Morgan fingerprint density at radius 1 is 1.08 bits per heavy atom. The summed E-state index contributed by atoms with van der Waals surface area (Å²) in [4.78, 5) is 4.87. The molecule has 0 aromatic rings. The molecule has 0 bridgehead atoms. The lowest BCUT2D eigenvalue weighted by molar-refractivity contribution is 0.217. The number of hydrogen-bond donors (Lipinski definition) is 0. The van der Waals surface area contributed by atoms with Gasteiger partial charge in [-0.2, -0.15) is 0 Å². The van der Waals surface area contributed by atoms with Gasteiger partial charge in [-0.15, -0.1) is 0 Å². The highest BCUT2D eigenvalue weighted by molar-refractivity contribution is 4.64. The highest BCUT2D eigenvalue weighted by Gasteiger charge is 2.08. The molecule has 0 radical (unpaired) electrons. The molecule has 0 N–H and O–H groups in total. The van der Waals surface area contributed by atoms with E-state index in [0.29, 0.717) is 0 Å². The van der Waals surface area contributed by atoms with Crippen molar-refractivity contribution in [2.45, 2.75) is 25.7 Å². The molecule has 1 aliphatic heterocycles. The minimum Gasteiger partial charge on any atom is -0.309 e. The van der Waals surface area contributed by atoms with E-state index >= 15 is 0 Å². The molecule has 0 unspecified atom stereocenters. The molecular weight excluding hydrogens is 148 g/mol. The lowest BCUT2D eigenvalue weighted by Gasteiger charge is -2.26. The fraction of sp³-hybridized carbons (Fsp3) is 1.00. The van der Waals surface area contributed by atoms with Gasteiger partial charge in [-0.25, -0.2) is 0 Å². The van der Waals surface area contributed by atoms with Crippen LogP contribution in [0.4, 0.5) is 0 Å². The Labute approximate surface area is 76.5 Å². The van der Waals surface area contributed by atoms with Crippen molar-refractivity contribution in [1.29, 1.82) is 0 Å². The van der Waals surface area contributed by atoms with Crippen molar-refractivity contribution in [3.8, 4) is 0 Å². The Morgan fingerprint density at radius 3 is 2.33 bits per heavy atom. The van der Waals surface area contributed by atoms with Crippen LogP contribution in [-0.2, 0) is 0 Å². The maximum Gasteiger partial charge on any atom is -0.000655 e. The zero-order valence-corrected chi connectivity index (χ0v) is 8.55. The smallest absolute Gasteiger partial charge is 0.000655 e. The number of likely N-dealkylation sites (tertiary alicyclic amines) is 1. The third-order valence-corrected chi connectivity index (χ3v) is 2.53. The monoisotopic (exact) mass is 170 g/mol. The normalized spacial score (nSPS) is 20.2. The maximum absolute atomic E-state index is 2.60. The van der Waals surface area contributed by atoms with Crippen LogP contribution in [0.3, 0.4) is 0 Å². The Balaban J connectivity index is 1.98. The standard InChI is InChI=1S/C10H22N2/c1-11(2)7-6-10-12-8-4-3-5-9-12/h3-10H2,1-2H3. The molecule has 0 saturated carbocycles. The Bertz CT molecular complexity index is 106. The number of rotatable bonds is 4. The van der Waals surface area contributed by atoms with Gasteiger partial charge < -0.3 is 9.80 Å². The van der Waals surface area contributed by atoms with Crippen molar-refractivity contribution in [1.82, 2.24) is 9.80 Å². The summed E-state index contributed by atoms with van der Waals surface area (Å²) in [7, 11) is 4.30. The van der Waals surface area contributed by atoms with Gasteiger partial charge in [-0.3, -0.25) is 0 Å². The van der Waals surface area contributed by atoms with Gasteiger partial charge in [0.1, 0.15) is 0 Å². The topological polar surface area (TPSA) is 6.48 Å². The molecule has 0 aromatic heterocycles. The lowest BCUT2D eigenvalue weighted by Crippen LogP contribution is -2.32. The van der Waals surface area contributed by atoms with E-state index in [4.69, 9.17) is 0 Å². The van der Waals surface area contributed by atoms with Gasteiger partial charge in [-0.1, -0.05) is 6.42 Å². The number of piperidine rings is 1. The van der Waals surface area contributed by atoms with Gasteiger partial charge in [0.15, 0.2) is 0 Å². The molecule has 0 aromatic carbocycles. The molecule has 72 valence electrons. The van der Waals surface area contributed by atoms with Crippen LogP contribution < -0.4 is 0 Å². The molecule has 0 atom stereocenters. The number of hydrogen-bond acceptors (Lipinski definition) is 2. The quantitative estimate of drug-likeness (QED) is 0.629. The van der Waals surface area contributed by atoms with Crippen molar-refractivity contribution in [3.05, 3.63) is 0 Å². The fourth-order valence-electron chi connectivity index (χ4n) is 1.79. The fourth-order valence-corrected chi connectivity index (χ4v) is 1.79. The first-order valence-electron chi connectivity index (χ1n) is 5.16. The molecule has 0 amide bonds. The third kappa shape index (κ3) is 4.07. The second-order valence-corrected chi connectivity index (χ2v) is 4.06. The predicted octanol–water partition coefficient (Wildman–Crippen LogP) is 1.42. The average Bonchev–Trinajstić information content (AvgIpc) is 2.05. The lowest BCUT2D eigenvalue weighted by atomic mass is 10.1. The first-order chi connectivity index (χ1) is 5.79. The van der Waals surface area contributed by atoms with Crippen molar-refractivity contribution in [2.24, 2.45) is 0 Å². The second kappa shape index (κ2) is 5.55. The van der Waals surface area contributed by atoms with E-state index in [2.05, 4.69) is 23.9 Å². The van der Waals surface area contributed by atoms with Crippen molar-refractivity contribution < 1.29 is 0 Å². The van der Waals surface area contributed by atoms with Crippen molar-refractivity contribution in [2.75, 3.05) is 40.3 Å². The summed E-state index contributed by atoms with van der Waals surface area (Å²) >= 11 is 0. The van der Waals surface area contributed by atoms with Crippen LogP contribution in [0.2, 0.25) is 0 Å². The highest BCUT2D eigenvalue weighted by Crippen LogP contribution is 2.08. The molecule has 1 aliphatic rings. The van der Waals surface area contributed by atoms with E-state index in [1.165, 1.54) is 51.9 Å². The van der Waals surface area contributed by atoms with Crippen LogP contribution in [-0.4, -0.2) is 50.1 Å². The van der Waals surface area contributed by atoms with E-state index in [1.807, 2.05) is 0 Å². The molecular formula is C10H22N2. The van der Waals surface area contributed by atoms with Crippen molar-refractivity contribution >= 4 is 0 Å². The van der Waals surface area contributed by atoms with Crippen molar-refractivity contribution in [3.63, 3.8) is 0 Å². The van der Waals surface area contributed by atoms with Gasteiger partial charge >= 0.3 is 0 Å². The molecule has 1 heterocycles. The minimum absolute atomic E-state index is 1.23. The van der Waals surface area contributed by atoms with E-state index in [0.717, 1.165) is 0 Å². The third-order valence-electron chi connectivity index (χ3n) is 2.53. The van der Waals surface area contributed by atoms with E-state index in [-0.39, 0.29) is 0 Å². The van der Waals surface area contributed by atoms with Crippen LogP contribution >= 0.6 is 0 Å². The molecule has 1 fully saturated rings. The SMILES string of the molecule is CN(C)CCCN1CCCCC1. The second-order valence-electron chi connectivity index (χ2n) is 4.06. The molecule has 1 rings (SSSR count). The number of nitrogens with zero attached hydrogens (tertiary/aromatic N) is 2. The summed E-state index contributed by atoms with van der Waals surface area (Å²) < 4.78 is 0. The van der Waals surface area contributed by atoms with Crippen LogP contribution in [0.25, 0.3) is 0 Å². The largest absolute Gasteiger partial charge is 0.309 e. The van der Waals surface area contributed by atoms with Gasteiger partial charge in [0.25, 0.3) is 0 Å². The van der Waals surface area contributed by atoms with Gasteiger partial charge in [0.05, 0.1) is 0 Å². The van der Waals surface area contributed by atoms with Crippen LogP contribution in [0.5, 0.6) is 0 Å². The molecule has 2 heteroatoms. The summed E-state index contributed by atoms with van der Waals surface area (Å²) in [6, 6.07) is 0. The highest BCUT2D eigenvalue weighted by atomic mass is 15.1. The summed E-state index contributed by atoms with van der Waals surface area (Å²) in [6.07, 6.45) is 5.61. The first kappa shape index (κ1) is 10.0. The van der Waals surface area contributed by atoms with Crippen LogP contribution in [0, 0.1) is 0 Å². The minimum atomic E-state index is 1.23. The van der Waals surface area contributed by atoms with Gasteiger partial charge in [0, 0.05) is 0 Å². The van der Waals surface area contributed by atoms with Gasteiger partial charge in [0.2, 0.25) is 0 Å². The molecule has 2 nitrogen and oxygen atoms in total. The summed E-state index contributed by atoms with van der Waals surface area (Å²) in [5.74, 6) is 0. The van der Waals surface area contributed by atoms with E-state index in [1.54, 1.807) is 0 Å². The summed E-state index contributed by atoms with van der Waals surface area (Å²) in [5.41, 5.74) is 0. The predicted molar refractivity (Wildman–Crippen MR) is 53.5 cm³/mol. The summed E-state index contributed by atoms with van der Waals surface area (Å²) in [6.45, 7) is 5.22. The molecule has 12 heavy (non-hydrogen) atoms. The zero-order valence-electron chi connectivity index (χ0n) is 8.55. The molecule has 0 spiro atoms. The first-order valence-corrected chi connectivity index (χ1v) is 5.16. The Kier molecular flexibility index (Phi) is 4.62. The van der Waals surface area contributed by atoms with Crippen LogP contribution in [0.1, 0.15) is 25.7 Å². The van der Waals surface area contributed by atoms with Gasteiger partial charge in [-0.05, 0) is 59.5 Å². The average molecular weight is 170 g/mol. The zero-order chi connectivity index (χ0) is 8.81. The van der Waals surface area contributed by atoms with E-state index in [9.17, 15) is 0 Å². The summed E-state index contributed by atoms with van der Waals surface area (Å²) in [5, 5.41) is 0. The van der Waals surface area contributed by atoms with Crippen LogP contribution in [0.15, 0.2) is 0 Å². The Hall–Kier alpha value is -0.0800. The molecule has 0 aliphatic carbocycles. The van der Waals surface area contributed by atoms with E-state index < -0.39 is 0 Å².